The number of piperidine rings is 1. The first-order valence-corrected chi connectivity index (χ1v) is 9.12. The van der Waals surface area contributed by atoms with Gasteiger partial charge in [0.15, 0.2) is 0 Å². The normalized spacial score (nSPS) is 25.6. The van der Waals surface area contributed by atoms with Crippen molar-refractivity contribution in [2.24, 2.45) is 5.92 Å². The number of fused-ring (bicyclic) bond motifs is 2. The molecule has 0 bridgehead atoms. The molecule has 2 atom stereocenters. The highest BCUT2D eigenvalue weighted by atomic mass is 16.2. The number of nitrogens with zero attached hydrogens (tertiary/aromatic N) is 2. The molecule has 4 rings (SSSR count). The molecule has 3 aliphatic rings. The largest absolute Gasteiger partial charge is 0.343 e. The van der Waals surface area contributed by atoms with E-state index in [4.69, 9.17) is 0 Å². The average molecular weight is 344 g/mol. The molecule has 2 saturated heterocycles. The second-order valence-corrected chi connectivity index (χ2v) is 7.38. The molecular weight excluding hydrogens is 320 g/mol. The minimum Gasteiger partial charge on any atom is -0.343 e. The zero-order chi connectivity index (χ0) is 17.6. The summed E-state index contributed by atoms with van der Waals surface area (Å²) in [5.41, 5.74) is 2.18. The van der Waals surface area contributed by atoms with E-state index < -0.39 is 0 Å². The summed E-state index contributed by atoms with van der Waals surface area (Å²) in [6.45, 7) is 1.19. The van der Waals surface area contributed by atoms with Gasteiger partial charge in [-0.2, -0.15) is 0 Å². The highest BCUT2D eigenvalue weighted by Crippen LogP contribution is 2.31. The lowest BCUT2D eigenvalue weighted by molar-refractivity contribution is -0.130. The molecule has 0 saturated carbocycles. The van der Waals surface area contributed by atoms with Gasteiger partial charge in [-0.15, -0.1) is 0 Å². The van der Waals surface area contributed by atoms with Gasteiger partial charge in [-0.05, 0) is 50.2 Å². The lowest BCUT2D eigenvalue weighted by Crippen LogP contribution is -2.50. The number of H-pyrrole nitrogens is 1. The number of aromatic nitrogens is 1. The first-order valence-electron chi connectivity index (χ1n) is 9.12. The predicted molar refractivity (Wildman–Crippen MR) is 93.6 cm³/mol. The van der Waals surface area contributed by atoms with E-state index in [0.717, 1.165) is 49.8 Å². The number of amides is 3. The first-order chi connectivity index (χ1) is 12.0. The smallest absolute Gasteiger partial charge is 0.322 e. The van der Waals surface area contributed by atoms with Gasteiger partial charge in [-0.1, -0.05) is 0 Å². The molecule has 7 nitrogen and oxygen atoms in total. The van der Waals surface area contributed by atoms with E-state index in [9.17, 15) is 14.4 Å². The van der Waals surface area contributed by atoms with E-state index in [1.807, 2.05) is 6.07 Å². The molecule has 134 valence electrons. The van der Waals surface area contributed by atoms with Gasteiger partial charge < -0.3 is 20.1 Å². The van der Waals surface area contributed by atoms with Crippen LogP contribution < -0.4 is 10.9 Å². The molecule has 25 heavy (non-hydrogen) atoms. The second kappa shape index (κ2) is 6.20. The highest BCUT2D eigenvalue weighted by Gasteiger charge is 2.45. The van der Waals surface area contributed by atoms with E-state index in [0.29, 0.717) is 18.8 Å². The Morgan fingerprint density at radius 2 is 2.04 bits per heavy atom. The van der Waals surface area contributed by atoms with E-state index >= 15 is 0 Å². The van der Waals surface area contributed by atoms with E-state index in [2.05, 4.69) is 10.3 Å². The summed E-state index contributed by atoms with van der Waals surface area (Å²) in [7, 11) is 1.78. The Bertz CT molecular complexity index is 772. The van der Waals surface area contributed by atoms with Gasteiger partial charge in [-0.25, -0.2) is 4.79 Å². The lowest BCUT2D eigenvalue weighted by Gasteiger charge is -2.35. The Hall–Kier alpha value is -2.31. The molecule has 2 aliphatic heterocycles. The highest BCUT2D eigenvalue weighted by molar-refractivity contribution is 5.91. The molecule has 2 fully saturated rings. The van der Waals surface area contributed by atoms with Crippen LogP contribution in [0.25, 0.3) is 0 Å². The number of anilines is 1. The molecule has 0 radical (unpaired) electrons. The Kier molecular flexibility index (Phi) is 4.01. The summed E-state index contributed by atoms with van der Waals surface area (Å²) in [5, 5.41) is 2.79. The van der Waals surface area contributed by atoms with Gasteiger partial charge in [0.25, 0.3) is 5.56 Å². The maximum Gasteiger partial charge on any atom is 0.322 e. The molecule has 7 heteroatoms. The van der Waals surface area contributed by atoms with Crippen molar-refractivity contribution < 1.29 is 9.59 Å². The number of aryl methyl sites for hydroxylation is 2. The number of likely N-dealkylation sites (tertiary alicyclic amines) is 2. The summed E-state index contributed by atoms with van der Waals surface area (Å²) in [6, 6.07) is 1.44. The Morgan fingerprint density at radius 1 is 1.24 bits per heavy atom. The number of hydrogen-bond acceptors (Lipinski definition) is 3. The number of hydrogen-bond donors (Lipinski definition) is 2. The molecule has 3 amide bonds. The first kappa shape index (κ1) is 16.2. The zero-order valence-corrected chi connectivity index (χ0v) is 14.5. The van der Waals surface area contributed by atoms with Crippen LogP contribution in [0.3, 0.4) is 0 Å². The molecular formula is C18H24N4O3. The number of likely N-dealkylation sites (N-methyl/N-ethyl adjacent to an activating group) is 1. The van der Waals surface area contributed by atoms with Crippen molar-refractivity contribution in [3.63, 3.8) is 0 Å². The summed E-state index contributed by atoms with van der Waals surface area (Å²) >= 11 is 0. The lowest BCUT2D eigenvalue weighted by atomic mass is 9.92. The van der Waals surface area contributed by atoms with Gasteiger partial charge in [0.2, 0.25) is 5.91 Å². The van der Waals surface area contributed by atoms with Crippen molar-refractivity contribution in [3.05, 3.63) is 27.7 Å². The SMILES string of the molecule is CN1C[C@@H]2[C@@H](CCCN2C(=O)Nc2cc3c([nH]c2=O)CCCC3)C1=O. The Morgan fingerprint density at radius 3 is 2.88 bits per heavy atom. The monoisotopic (exact) mass is 344 g/mol. The molecule has 1 aliphatic carbocycles. The number of aromatic amines is 1. The predicted octanol–water partition coefficient (Wildman–Crippen LogP) is 1.34. The van der Waals surface area contributed by atoms with E-state index in [1.165, 1.54) is 0 Å². The van der Waals surface area contributed by atoms with Crippen molar-refractivity contribution in [2.45, 2.75) is 44.6 Å². The van der Waals surface area contributed by atoms with Crippen LogP contribution in [0.4, 0.5) is 10.5 Å². The number of rotatable bonds is 1. The summed E-state index contributed by atoms with van der Waals surface area (Å²) in [5.74, 6) is 0.0143. The van der Waals surface area contributed by atoms with E-state index in [-0.39, 0.29) is 29.5 Å². The van der Waals surface area contributed by atoms with Crippen LogP contribution in [-0.4, -0.2) is 52.9 Å². The van der Waals surface area contributed by atoms with Crippen LogP contribution in [-0.2, 0) is 17.6 Å². The third-order valence-electron chi connectivity index (χ3n) is 5.77. The maximum atomic E-state index is 12.8. The quantitative estimate of drug-likeness (QED) is 0.806. The topological polar surface area (TPSA) is 85.5 Å². The fourth-order valence-corrected chi connectivity index (χ4v) is 4.43. The number of nitrogens with one attached hydrogen (secondary N) is 2. The van der Waals surface area contributed by atoms with Crippen molar-refractivity contribution >= 4 is 17.6 Å². The van der Waals surface area contributed by atoms with Crippen molar-refractivity contribution in [1.29, 1.82) is 0 Å². The average Bonchev–Trinajstić information content (AvgIpc) is 2.90. The molecule has 0 aromatic carbocycles. The molecule has 1 aromatic rings. The number of urea groups is 1. The molecule has 0 unspecified atom stereocenters. The van der Waals surface area contributed by atoms with Gasteiger partial charge in [0.1, 0.15) is 5.69 Å². The van der Waals surface area contributed by atoms with Gasteiger partial charge in [0.05, 0.1) is 12.0 Å². The van der Waals surface area contributed by atoms with Crippen LogP contribution in [0.2, 0.25) is 0 Å². The third-order valence-corrected chi connectivity index (χ3v) is 5.77. The van der Waals surface area contributed by atoms with Crippen molar-refractivity contribution in [3.8, 4) is 0 Å². The number of carbonyl (C=O) groups excluding carboxylic acids is 2. The fraction of sp³-hybridized carbons (Fsp3) is 0.611. The Labute approximate surface area is 146 Å². The Balaban J connectivity index is 1.54. The molecule has 3 heterocycles. The van der Waals surface area contributed by atoms with Crippen LogP contribution in [0.5, 0.6) is 0 Å². The maximum absolute atomic E-state index is 12.8. The van der Waals surface area contributed by atoms with Crippen molar-refractivity contribution in [2.75, 3.05) is 25.5 Å². The van der Waals surface area contributed by atoms with Crippen LogP contribution in [0.1, 0.15) is 36.9 Å². The third kappa shape index (κ3) is 2.81. The molecule has 1 aromatic heterocycles. The number of carbonyl (C=O) groups is 2. The molecule has 0 spiro atoms. The van der Waals surface area contributed by atoms with Gasteiger partial charge in [0, 0.05) is 25.8 Å². The van der Waals surface area contributed by atoms with Gasteiger partial charge in [-0.3, -0.25) is 9.59 Å². The van der Waals surface area contributed by atoms with Crippen LogP contribution in [0.15, 0.2) is 10.9 Å². The zero-order valence-electron chi connectivity index (χ0n) is 14.5. The minimum absolute atomic E-state index is 0.0945. The minimum atomic E-state index is -0.279. The summed E-state index contributed by atoms with van der Waals surface area (Å²) in [4.78, 5) is 43.6. The van der Waals surface area contributed by atoms with E-state index in [1.54, 1.807) is 16.8 Å². The number of pyridine rings is 1. The molecule has 2 N–H and O–H groups in total. The van der Waals surface area contributed by atoms with Crippen molar-refractivity contribution in [1.82, 2.24) is 14.8 Å². The van der Waals surface area contributed by atoms with Crippen LogP contribution in [0, 0.1) is 5.92 Å². The standard InChI is InChI=1S/C18H24N4O3/c1-21-10-15-12(17(21)24)6-4-8-22(15)18(25)20-14-9-11-5-2-3-7-13(11)19-16(14)23/h9,12,15H,2-8,10H2,1H3,(H,19,23)(H,20,25)/t12-,15-/m1/s1. The summed E-state index contributed by atoms with van der Waals surface area (Å²) < 4.78 is 0. The fourth-order valence-electron chi connectivity index (χ4n) is 4.43. The second-order valence-electron chi connectivity index (χ2n) is 7.38. The van der Waals surface area contributed by atoms with Gasteiger partial charge >= 0.3 is 6.03 Å². The summed E-state index contributed by atoms with van der Waals surface area (Å²) in [6.07, 6.45) is 5.67. The van der Waals surface area contributed by atoms with Crippen LogP contribution >= 0.6 is 0 Å².